The highest BCUT2D eigenvalue weighted by molar-refractivity contribution is 6.04. The molecular formula is C27H25N5O3. The molecule has 2 heterocycles. The van der Waals surface area contributed by atoms with Crippen molar-refractivity contribution in [1.82, 2.24) is 9.78 Å². The number of nitrogens with zero attached hydrogens (tertiary/aromatic N) is 5. The van der Waals surface area contributed by atoms with Gasteiger partial charge in [-0.2, -0.15) is 10.4 Å². The van der Waals surface area contributed by atoms with Crippen LogP contribution in [0.25, 0.3) is 11.8 Å². The molecule has 0 saturated carbocycles. The molecule has 176 valence electrons. The summed E-state index contributed by atoms with van der Waals surface area (Å²) in [5, 5.41) is 14.3. The lowest BCUT2D eigenvalue weighted by atomic mass is 10.1. The third kappa shape index (κ3) is 4.44. The first-order valence-electron chi connectivity index (χ1n) is 11.0. The molecule has 1 aromatic heterocycles. The molecule has 8 nitrogen and oxygen atoms in total. The number of aromatic nitrogens is 2. The van der Waals surface area contributed by atoms with Gasteiger partial charge < -0.3 is 14.5 Å². The van der Waals surface area contributed by atoms with Gasteiger partial charge in [-0.05, 0) is 44.2 Å². The summed E-state index contributed by atoms with van der Waals surface area (Å²) in [6, 6.07) is 19.3. The highest BCUT2D eigenvalue weighted by Gasteiger charge is 2.31. The van der Waals surface area contributed by atoms with Crippen molar-refractivity contribution in [2.45, 2.75) is 13.8 Å². The van der Waals surface area contributed by atoms with Crippen molar-refractivity contribution in [3.05, 3.63) is 89.0 Å². The van der Waals surface area contributed by atoms with Gasteiger partial charge in [-0.1, -0.05) is 30.3 Å². The first-order chi connectivity index (χ1) is 16.8. The van der Waals surface area contributed by atoms with Crippen molar-refractivity contribution in [3.63, 3.8) is 0 Å². The molecule has 0 spiro atoms. The summed E-state index contributed by atoms with van der Waals surface area (Å²) >= 11 is 0. The fraction of sp³-hybridized carbons (Fsp3) is 0.185. The predicted molar refractivity (Wildman–Crippen MR) is 134 cm³/mol. The van der Waals surface area contributed by atoms with E-state index in [-0.39, 0.29) is 5.57 Å². The van der Waals surface area contributed by atoms with E-state index in [9.17, 15) is 14.9 Å². The summed E-state index contributed by atoms with van der Waals surface area (Å²) in [6.45, 7) is 3.24. The van der Waals surface area contributed by atoms with Crippen LogP contribution in [0, 0.1) is 25.2 Å². The minimum Gasteiger partial charge on any atom is -0.454 e. The van der Waals surface area contributed by atoms with Gasteiger partial charge in [0, 0.05) is 31.4 Å². The topological polar surface area (TPSA) is 91.5 Å². The van der Waals surface area contributed by atoms with E-state index in [1.807, 2.05) is 79.2 Å². The molecule has 0 radical (unpaired) electrons. The molecule has 3 aromatic rings. The highest BCUT2D eigenvalue weighted by atomic mass is 16.5. The van der Waals surface area contributed by atoms with Crippen LogP contribution in [0.4, 0.5) is 11.4 Å². The number of nitriles is 1. The summed E-state index contributed by atoms with van der Waals surface area (Å²) in [5.41, 5.74) is 5.04. The lowest BCUT2D eigenvalue weighted by Gasteiger charge is -2.19. The third-order valence-corrected chi connectivity index (χ3v) is 5.93. The molecule has 35 heavy (non-hydrogen) atoms. The number of hydrogen-bond acceptors (Lipinski definition) is 7. The van der Waals surface area contributed by atoms with Crippen molar-refractivity contribution >= 4 is 29.2 Å². The average Bonchev–Trinajstić information content (AvgIpc) is 3.30. The van der Waals surface area contributed by atoms with E-state index in [0.717, 1.165) is 34.0 Å². The van der Waals surface area contributed by atoms with Gasteiger partial charge in [-0.15, -0.1) is 0 Å². The molecule has 0 atom stereocenters. The number of hydrogen-bond donors (Lipinski definition) is 0. The fourth-order valence-electron chi connectivity index (χ4n) is 4.18. The molecule has 0 N–H and O–H groups in total. The van der Waals surface area contributed by atoms with Crippen molar-refractivity contribution in [2.75, 3.05) is 30.5 Å². The van der Waals surface area contributed by atoms with Crippen LogP contribution in [0.1, 0.15) is 17.0 Å². The maximum absolute atomic E-state index is 12.8. The molecule has 0 bridgehead atoms. The number of para-hydroxylation sites is 3. The lowest BCUT2D eigenvalue weighted by molar-refractivity contribution is -0.141. The Labute approximate surface area is 203 Å². The standard InChI is InChI=1S/C27H25N5O3/c1-18-21(19(2)32(29-18)20-10-6-5-7-11-20)14-15-26(34)35-17-25(33)22(16-28)27-30(3)23-12-8-9-13-24(23)31(27)4/h5-15H,17H2,1-4H3/b15-14+. The number of anilines is 2. The number of aryl methyl sites for hydroxylation is 1. The molecule has 0 aliphatic carbocycles. The Morgan fingerprint density at radius 2 is 1.60 bits per heavy atom. The van der Waals surface area contributed by atoms with E-state index in [0.29, 0.717) is 5.82 Å². The smallest absolute Gasteiger partial charge is 0.331 e. The van der Waals surface area contributed by atoms with Gasteiger partial charge in [0.25, 0.3) is 0 Å². The maximum atomic E-state index is 12.8. The normalized spacial score (nSPS) is 12.6. The summed E-state index contributed by atoms with van der Waals surface area (Å²) in [6.07, 6.45) is 2.89. The molecule has 1 aliphatic rings. The Kier molecular flexibility index (Phi) is 6.51. The van der Waals surface area contributed by atoms with Crippen molar-refractivity contribution in [3.8, 4) is 11.8 Å². The molecule has 4 rings (SSSR count). The highest BCUT2D eigenvalue weighted by Crippen LogP contribution is 2.40. The number of carbonyl (C=O) groups excluding carboxylic acids is 2. The molecule has 8 heteroatoms. The van der Waals surface area contributed by atoms with Crippen LogP contribution in [-0.4, -0.2) is 42.2 Å². The van der Waals surface area contributed by atoms with Gasteiger partial charge in [-0.25, -0.2) is 9.48 Å². The van der Waals surface area contributed by atoms with Crippen LogP contribution in [0.2, 0.25) is 0 Å². The molecule has 1 aliphatic heterocycles. The Morgan fingerprint density at radius 3 is 2.20 bits per heavy atom. The van der Waals surface area contributed by atoms with Gasteiger partial charge >= 0.3 is 5.97 Å². The summed E-state index contributed by atoms with van der Waals surface area (Å²) in [5.74, 6) is -0.798. The van der Waals surface area contributed by atoms with Crippen molar-refractivity contribution < 1.29 is 14.3 Å². The van der Waals surface area contributed by atoms with E-state index in [4.69, 9.17) is 4.74 Å². The Balaban J connectivity index is 1.46. The first kappa shape index (κ1) is 23.5. The van der Waals surface area contributed by atoms with Gasteiger partial charge in [-0.3, -0.25) is 4.79 Å². The zero-order chi connectivity index (χ0) is 25.1. The van der Waals surface area contributed by atoms with Crippen LogP contribution >= 0.6 is 0 Å². The Morgan fingerprint density at radius 1 is 1.00 bits per heavy atom. The predicted octanol–water partition coefficient (Wildman–Crippen LogP) is 3.94. The second-order valence-corrected chi connectivity index (χ2v) is 8.11. The average molecular weight is 468 g/mol. The molecule has 0 fully saturated rings. The van der Waals surface area contributed by atoms with Gasteiger partial charge in [0.2, 0.25) is 5.78 Å². The number of benzene rings is 2. The third-order valence-electron chi connectivity index (χ3n) is 5.93. The lowest BCUT2D eigenvalue weighted by Crippen LogP contribution is -2.27. The molecule has 0 saturated heterocycles. The molecule has 0 amide bonds. The van der Waals surface area contributed by atoms with Crippen LogP contribution in [0.15, 0.2) is 72.1 Å². The largest absolute Gasteiger partial charge is 0.454 e. The number of fused-ring (bicyclic) bond motifs is 1. The quantitative estimate of drug-likeness (QED) is 0.308. The van der Waals surface area contributed by atoms with Crippen LogP contribution in [0.5, 0.6) is 0 Å². The second-order valence-electron chi connectivity index (χ2n) is 8.11. The number of ether oxygens (including phenoxy) is 1. The summed E-state index contributed by atoms with van der Waals surface area (Å²) in [4.78, 5) is 28.7. The van der Waals surface area contributed by atoms with Gasteiger partial charge in [0.05, 0.1) is 22.8 Å². The minimum absolute atomic E-state index is 0.0706. The number of Topliss-reactive ketones (excluding diaryl/α,β-unsaturated/α-hetero) is 1. The summed E-state index contributed by atoms with van der Waals surface area (Å²) in [7, 11) is 3.58. The van der Waals surface area contributed by atoms with Crippen LogP contribution in [-0.2, 0) is 14.3 Å². The van der Waals surface area contributed by atoms with E-state index in [1.54, 1.807) is 30.0 Å². The zero-order valence-electron chi connectivity index (χ0n) is 20.0. The van der Waals surface area contributed by atoms with E-state index >= 15 is 0 Å². The first-order valence-corrected chi connectivity index (χ1v) is 11.0. The number of esters is 1. The molecule has 2 aromatic carbocycles. The number of ketones is 1. The number of carbonyl (C=O) groups is 2. The second kappa shape index (κ2) is 9.69. The fourth-order valence-corrected chi connectivity index (χ4v) is 4.18. The van der Waals surface area contributed by atoms with E-state index < -0.39 is 18.4 Å². The zero-order valence-corrected chi connectivity index (χ0v) is 20.0. The van der Waals surface area contributed by atoms with E-state index in [2.05, 4.69) is 5.10 Å². The van der Waals surface area contributed by atoms with Crippen molar-refractivity contribution in [1.29, 1.82) is 5.26 Å². The maximum Gasteiger partial charge on any atom is 0.331 e. The Hall–Kier alpha value is -4.64. The number of rotatable bonds is 6. The minimum atomic E-state index is -0.677. The van der Waals surface area contributed by atoms with Gasteiger partial charge in [0.1, 0.15) is 17.5 Å². The summed E-state index contributed by atoms with van der Waals surface area (Å²) < 4.78 is 6.97. The molecule has 0 unspecified atom stereocenters. The monoisotopic (exact) mass is 467 g/mol. The van der Waals surface area contributed by atoms with Crippen molar-refractivity contribution in [2.24, 2.45) is 0 Å². The van der Waals surface area contributed by atoms with Crippen LogP contribution < -0.4 is 9.80 Å². The van der Waals surface area contributed by atoms with E-state index in [1.165, 1.54) is 6.08 Å². The Bertz CT molecular complexity index is 1360. The SMILES string of the molecule is Cc1nn(-c2ccccc2)c(C)c1/C=C/C(=O)OCC(=O)C(C#N)=C1N(C)c2ccccc2N1C. The van der Waals surface area contributed by atoms with Crippen LogP contribution in [0.3, 0.4) is 0 Å². The van der Waals surface area contributed by atoms with Gasteiger partial charge in [0.15, 0.2) is 6.61 Å². The molecular weight excluding hydrogens is 442 g/mol.